The first-order valence-corrected chi connectivity index (χ1v) is 16.0. The third kappa shape index (κ3) is 9.50. The van der Waals surface area contributed by atoms with Gasteiger partial charge < -0.3 is 28.9 Å². The van der Waals surface area contributed by atoms with Gasteiger partial charge in [0.15, 0.2) is 0 Å². The number of fused-ring (bicyclic) bond motifs is 1. The number of carbonyl (C=O) groups excluding carboxylic acids is 1. The Labute approximate surface area is 267 Å². The summed E-state index contributed by atoms with van der Waals surface area (Å²) >= 11 is -1.30. The fourth-order valence-electron chi connectivity index (χ4n) is 4.59. The predicted octanol–water partition coefficient (Wildman–Crippen LogP) is 7.44. The molecule has 2 atom stereocenters. The summed E-state index contributed by atoms with van der Waals surface area (Å²) < 4.78 is 33.4. The summed E-state index contributed by atoms with van der Waals surface area (Å²) in [6.45, 7) is 13.5. The maximum Gasteiger partial charge on any atom is 0.407 e. The van der Waals surface area contributed by atoms with Crippen molar-refractivity contribution in [1.82, 2.24) is 10.0 Å². The number of aliphatic carboxylic acids is 1. The van der Waals surface area contributed by atoms with E-state index in [0.29, 0.717) is 22.7 Å². The lowest BCUT2D eigenvalue weighted by Crippen LogP contribution is -2.40. The van der Waals surface area contributed by atoms with E-state index in [1.54, 1.807) is 18.2 Å². The topological polar surface area (TPSA) is 133 Å². The monoisotopic (exact) mass is 634 g/mol. The smallest absolute Gasteiger partial charge is 0.407 e. The normalized spacial score (nSPS) is 13.3. The second-order valence-corrected chi connectivity index (χ2v) is 15.0. The number of furan rings is 1. The molecule has 4 aromatic rings. The van der Waals surface area contributed by atoms with E-state index in [2.05, 4.69) is 10.0 Å². The lowest BCUT2D eigenvalue weighted by Gasteiger charge is -2.25. The van der Waals surface area contributed by atoms with E-state index >= 15 is 0 Å². The molecule has 3 aromatic carbocycles. The Balaban J connectivity index is 1.69. The van der Waals surface area contributed by atoms with Crippen LogP contribution >= 0.6 is 0 Å². The van der Waals surface area contributed by atoms with Gasteiger partial charge in [0.1, 0.15) is 40.1 Å². The molecule has 0 aliphatic rings. The van der Waals surface area contributed by atoms with Gasteiger partial charge in [0, 0.05) is 34.4 Å². The zero-order valence-electron chi connectivity index (χ0n) is 26.9. The van der Waals surface area contributed by atoms with Gasteiger partial charge in [-0.2, -0.15) is 0 Å². The van der Waals surface area contributed by atoms with Crippen molar-refractivity contribution in [2.24, 2.45) is 0 Å². The molecule has 9 nitrogen and oxygen atoms in total. The molecule has 0 saturated heterocycles. The number of carboxylic acid groups (broad SMARTS) is 1. The van der Waals surface area contributed by atoms with Gasteiger partial charge >= 0.3 is 12.1 Å². The summed E-state index contributed by atoms with van der Waals surface area (Å²) in [5.41, 5.74) is 4.07. The van der Waals surface area contributed by atoms with E-state index < -0.39 is 33.8 Å². The van der Waals surface area contributed by atoms with Crippen molar-refractivity contribution in [3.05, 3.63) is 89.2 Å². The van der Waals surface area contributed by atoms with Crippen LogP contribution in [-0.2, 0) is 40.5 Å². The second kappa shape index (κ2) is 14.0. The van der Waals surface area contributed by atoms with Crippen molar-refractivity contribution in [2.45, 2.75) is 84.4 Å². The van der Waals surface area contributed by atoms with Crippen molar-refractivity contribution < 1.29 is 33.1 Å². The van der Waals surface area contributed by atoms with E-state index in [9.17, 15) is 19.2 Å². The molecular formula is C35H42N2O7S. The Kier molecular flexibility index (Phi) is 10.5. The molecule has 1 amide bonds. The maximum absolute atomic E-state index is 12.8. The fraction of sp³-hybridized carbons (Fsp3) is 0.371. The van der Waals surface area contributed by atoms with Crippen molar-refractivity contribution in [1.29, 1.82) is 0 Å². The molecule has 1 aromatic heterocycles. The number of benzene rings is 3. The van der Waals surface area contributed by atoms with Crippen LogP contribution < -0.4 is 14.8 Å². The average Bonchev–Trinajstić information content (AvgIpc) is 3.38. The molecule has 0 unspecified atom stereocenters. The van der Waals surface area contributed by atoms with E-state index in [1.807, 2.05) is 97.0 Å². The van der Waals surface area contributed by atoms with E-state index in [4.69, 9.17) is 13.9 Å². The standard InChI is InChI=1S/C35H42N2O7S/c1-22(37-45(41)35(5,6)7)30-18-27-16-24(21-42-29-14-9-8-12-26(29)19-31(38)39)17-28(32(27)43-30)25-13-10-11-23(15-25)20-36-33(40)44-34(2,3)4/h8-18,22,37H,19-21H2,1-7H3,(H,36,40)(H,38,39)/t22-,45-/m1/s1. The molecule has 0 radical (unpaired) electrons. The van der Waals surface area contributed by atoms with Crippen LogP contribution in [0.1, 0.15) is 77.0 Å². The zero-order valence-corrected chi connectivity index (χ0v) is 27.7. The maximum atomic E-state index is 12.8. The number of carbonyl (C=O) groups is 2. The summed E-state index contributed by atoms with van der Waals surface area (Å²) in [5.74, 6) is 0.209. The van der Waals surface area contributed by atoms with Crippen LogP contribution in [-0.4, -0.2) is 32.1 Å². The Morgan fingerprint density at radius 3 is 2.40 bits per heavy atom. The Morgan fingerprint density at radius 1 is 0.978 bits per heavy atom. The summed E-state index contributed by atoms with van der Waals surface area (Å²) in [4.78, 5) is 23.6. The second-order valence-electron chi connectivity index (χ2n) is 13.0. The minimum Gasteiger partial charge on any atom is -0.598 e. The quantitative estimate of drug-likeness (QED) is 0.145. The zero-order chi connectivity index (χ0) is 32.9. The minimum absolute atomic E-state index is 0.142. The van der Waals surface area contributed by atoms with Gasteiger partial charge in [-0.05, 0) is 95.5 Å². The summed E-state index contributed by atoms with van der Waals surface area (Å²) in [6, 6.07) is 20.5. The van der Waals surface area contributed by atoms with Gasteiger partial charge in [0.25, 0.3) is 0 Å². The number of carboxylic acids is 1. The number of para-hydroxylation sites is 1. The first-order valence-electron chi connectivity index (χ1n) is 14.8. The molecule has 0 bridgehead atoms. The first kappa shape index (κ1) is 33.9. The molecule has 0 aliphatic heterocycles. The highest BCUT2D eigenvalue weighted by Crippen LogP contribution is 2.36. The van der Waals surface area contributed by atoms with Crippen molar-refractivity contribution in [3.8, 4) is 16.9 Å². The lowest BCUT2D eigenvalue weighted by atomic mass is 9.98. The van der Waals surface area contributed by atoms with Crippen LogP contribution in [0.2, 0.25) is 0 Å². The number of nitrogens with one attached hydrogen (secondary N) is 2. The largest absolute Gasteiger partial charge is 0.598 e. The molecule has 45 heavy (non-hydrogen) atoms. The van der Waals surface area contributed by atoms with E-state index in [-0.39, 0.29) is 25.6 Å². The first-order chi connectivity index (χ1) is 21.1. The van der Waals surface area contributed by atoms with Gasteiger partial charge in [-0.3, -0.25) is 4.79 Å². The molecule has 10 heteroatoms. The third-order valence-corrected chi connectivity index (χ3v) is 8.42. The number of rotatable bonds is 11. The van der Waals surface area contributed by atoms with E-state index in [0.717, 1.165) is 27.6 Å². The predicted molar refractivity (Wildman–Crippen MR) is 176 cm³/mol. The molecule has 4 rings (SSSR count). The average molecular weight is 635 g/mol. The molecule has 0 saturated carbocycles. The Morgan fingerprint density at radius 2 is 1.71 bits per heavy atom. The number of hydrogen-bond acceptors (Lipinski definition) is 7. The van der Waals surface area contributed by atoms with Crippen LogP contribution in [0.5, 0.6) is 5.75 Å². The number of alkyl carbamates (subject to hydrolysis) is 1. The highest BCUT2D eigenvalue weighted by Gasteiger charge is 2.29. The summed E-state index contributed by atoms with van der Waals surface area (Å²) in [6.07, 6.45) is -0.640. The van der Waals surface area contributed by atoms with Crippen molar-refractivity contribution in [3.63, 3.8) is 0 Å². The van der Waals surface area contributed by atoms with Crippen molar-refractivity contribution >= 4 is 34.4 Å². The Bertz CT molecular complexity index is 1650. The SMILES string of the molecule is C[C@@H](N[S@+]([O-])C(C)(C)C)c1cc2cc(COc3ccccc3CC(=O)O)cc(-c3cccc(CNC(=O)OC(C)(C)C)c3)c2o1. The number of amides is 1. The third-order valence-electron chi connectivity index (χ3n) is 6.74. The van der Waals surface area contributed by atoms with Gasteiger partial charge in [-0.15, -0.1) is 4.72 Å². The highest BCUT2D eigenvalue weighted by molar-refractivity contribution is 7.90. The van der Waals surface area contributed by atoms with Gasteiger partial charge in [-0.1, -0.05) is 36.4 Å². The molecule has 0 spiro atoms. The number of hydrogen-bond donors (Lipinski definition) is 3. The molecule has 3 N–H and O–H groups in total. The highest BCUT2D eigenvalue weighted by atomic mass is 32.2. The molecule has 0 aliphatic carbocycles. The van der Waals surface area contributed by atoms with Crippen LogP contribution in [0.4, 0.5) is 4.79 Å². The lowest BCUT2D eigenvalue weighted by molar-refractivity contribution is -0.136. The van der Waals surface area contributed by atoms with Gasteiger partial charge in [0.05, 0.1) is 6.42 Å². The fourth-order valence-corrected chi connectivity index (χ4v) is 5.38. The van der Waals surface area contributed by atoms with Crippen LogP contribution in [0.3, 0.4) is 0 Å². The summed E-state index contributed by atoms with van der Waals surface area (Å²) in [5, 5.41) is 13.0. The minimum atomic E-state index is -1.30. The molecule has 240 valence electrons. The molecule has 0 fully saturated rings. The Hall–Kier alpha value is -3.99. The summed E-state index contributed by atoms with van der Waals surface area (Å²) in [7, 11) is 0. The van der Waals surface area contributed by atoms with E-state index in [1.165, 1.54) is 0 Å². The van der Waals surface area contributed by atoms with Crippen LogP contribution in [0, 0.1) is 0 Å². The van der Waals surface area contributed by atoms with Gasteiger partial charge in [-0.25, -0.2) is 4.79 Å². The van der Waals surface area contributed by atoms with Gasteiger partial charge in [0.2, 0.25) is 0 Å². The number of ether oxygens (including phenoxy) is 2. The molecule has 1 heterocycles. The molecular weight excluding hydrogens is 592 g/mol. The van der Waals surface area contributed by atoms with Crippen molar-refractivity contribution in [2.75, 3.05) is 0 Å². The van der Waals surface area contributed by atoms with Crippen LogP contribution in [0.15, 0.2) is 71.1 Å². The van der Waals surface area contributed by atoms with Crippen LogP contribution in [0.25, 0.3) is 22.1 Å².